The maximum atomic E-state index is 11.5. The second kappa shape index (κ2) is 5.85. The molecule has 0 unspecified atom stereocenters. The lowest BCUT2D eigenvalue weighted by atomic mass is 10.3. The molecule has 0 aliphatic heterocycles. The van der Waals surface area contributed by atoms with Crippen LogP contribution in [0.4, 0.5) is 0 Å². The zero-order chi connectivity index (χ0) is 13.8. The third-order valence-electron chi connectivity index (χ3n) is 2.03. The highest BCUT2D eigenvalue weighted by atomic mass is 32.2. The van der Waals surface area contributed by atoms with Crippen molar-refractivity contribution in [2.24, 2.45) is 0 Å². The second-order valence-corrected chi connectivity index (χ2v) is 5.44. The Kier molecular flexibility index (Phi) is 4.17. The molecule has 0 saturated carbocycles. The SMILES string of the molecule is COc1c(Sc2nc(CC(=O)O)cs2)nc[nH]c1=O. The van der Waals surface area contributed by atoms with E-state index in [1.807, 2.05) is 0 Å². The summed E-state index contributed by atoms with van der Waals surface area (Å²) in [6.45, 7) is 0. The van der Waals surface area contributed by atoms with Crippen LogP contribution < -0.4 is 10.3 Å². The van der Waals surface area contributed by atoms with E-state index in [1.165, 1.54) is 24.8 Å². The van der Waals surface area contributed by atoms with Gasteiger partial charge in [-0.25, -0.2) is 9.97 Å². The highest BCUT2D eigenvalue weighted by Gasteiger charge is 2.13. The molecule has 0 aromatic carbocycles. The summed E-state index contributed by atoms with van der Waals surface area (Å²) in [5, 5.41) is 10.7. The highest BCUT2D eigenvalue weighted by Crippen LogP contribution is 2.32. The van der Waals surface area contributed by atoms with E-state index in [-0.39, 0.29) is 17.7 Å². The first-order chi connectivity index (χ1) is 9.10. The Morgan fingerprint density at radius 2 is 2.42 bits per heavy atom. The molecule has 0 aliphatic rings. The first-order valence-electron chi connectivity index (χ1n) is 5.06. The van der Waals surface area contributed by atoms with Crippen molar-refractivity contribution in [2.75, 3.05) is 7.11 Å². The molecular formula is C10H9N3O4S2. The van der Waals surface area contributed by atoms with Crippen LogP contribution in [0.25, 0.3) is 0 Å². The Hall–Kier alpha value is -1.87. The van der Waals surface area contributed by atoms with Gasteiger partial charge in [0.2, 0.25) is 5.75 Å². The number of hydrogen-bond acceptors (Lipinski definition) is 7. The minimum Gasteiger partial charge on any atom is -0.489 e. The van der Waals surface area contributed by atoms with E-state index in [1.54, 1.807) is 5.38 Å². The number of hydrogen-bond donors (Lipinski definition) is 2. The average molecular weight is 299 g/mol. The summed E-state index contributed by atoms with van der Waals surface area (Å²) in [5.74, 6) is -0.823. The van der Waals surface area contributed by atoms with Gasteiger partial charge in [-0.3, -0.25) is 9.59 Å². The number of thiazole rings is 1. The average Bonchev–Trinajstić information content (AvgIpc) is 2.76. The molecule has 0 aliphatic carbocycles. The number of nitrogens with zero attached hydrogens (tertiary/aromatic N) is 2. The van der Waals surface area contributed by atoms with Gasteiger partial charge in [0.15, 0.2) is 9.37 Å². The molecule has 2 N–H and O–H groups in total. The van der Waals surface area contributed by atoms with Gasteiger partial charge in [-0.05, 0) is 11.8 Å². The van der Waals surface area contributed by atoms with Crippen molar-refractivity contribution in [1.29, 1.82) is 0 Å². The van der Waals surface area contributed by atoms with Gasteiger partial charge >= 0.3 is 5.97 Å². The Labute approximate surface area is 115 Å². The molecule has 2 aromatic heterocycles. The number of nitrogens with one attached hydrogen (secondary N) is 1. The van der Waals surface area contributed by atoms with E-state index in [2.05, 4.69) is 15.0 Å². The summed E-state index contributed by atoms with van der Waals surface area (Å²) in [4.78, 5) is 32.6. The van der Waals surface area contributed by atoms with Crippen LogP contribution in [-0.4, -0.2) is 33.1 Å². The summed E-state index contributed by atoms with van der Waals surface area (Å²) in [5.41, 5.74) is 0.103. The summed E-state index contributed by atoms with van der Waals surface area (Å²) < 4.78 is 5.58. The maximum Gasteiger partial charge on any atom is 0.309 e. The topological polar surface area (TPSA) is 105 Å². The number of H-pyrrole nitrogens is 1. The third kappa shape index (κ3) is 3.32. The molecule has 19 heavy (non-hydrogen) atoms. The highest BCUT2D eigenvalue weighted by molar-refractivity contribution is 8.01. The van der Waals surface area contributed by atoms with Crippen molar-refractivity contribution in [1.82, 2.24) is 15.0 Å². The molecule has 0 spiro atoms. The fourth-order valence-electron chi connectivity index (χ4n) is 1.28. The molecule has 9 heteroatoms. The predicted octanol–water partition coefficient (Wildman–Crippen LogP) is 1.01. The van der Waals surface area contributed by atoms with E-state index in [9.17, 15) is 9.59 Å². The molecule has 0 radical (unpaired) electrons. The zero-order valence-corrected chi connectivity index (χ0v) is 11.4. The number of aromatic amines is 1. The molecular weight excluding hydrogens is 290 g/mol. The van der Waals surface area contributed by atoms with Crippen LogP contribution in [0, 0.1) is 0 Å². The normalized spacial score (nSPS) is 10.4. The summed E-state index contributed by atoms with van der Waals surface area (Å²) >= 11 is 2.45. The summed E-state index contributed by atoms with van der Waals surface area (Å²) in [7, 11) is 1.38. The molecule has 0 atom stereocenters. The van der Waals surface area contributed by atoms with Crippen LogP contribution in [0.3, 0.4) is 0 Å². The van der Waals surface area contributed by atoms with Crippen molar-refractivity contribution >= 4 is 29.1 Å². The number of carbonyl (C=O) groups is 1. The number of aliphatic carboxylic acids is 1. The van der Waals surface area contributed by atoms with Gasteiger partial charge in [-0.15, -0.1) is 11.3 Å². The van der Waals surface area contributed by atoms with Crippen molar-refractivity contribution < 1.29 is 14.6 Å². The molecule has 0 bridgehead atoms. The number of carboxylic acids is 1. The molecule has 0 amide bonds. The number of carboxylic acid groups (broad SMARTS) is 1. The van der Waals surface area contributed by atoms with Gasteiger partial charge in [0, 0.05) is 5.38 Å². The number of ether oxygens (including phenoxy) is 1. The minimum absolute atomic E-state index is 0.113. The van der Waals surface area contributed by atoms with Gasteiger partial charge in [-0.1, -0.05) is 0 Å². The Bertz CT molecular complexity index is 652. The molecule has 2 aromatic rings. The lowest BCUT2D eigenvalue weighted by Crippen LogP contribution is -2.10. The lowest BCUT2D eigenvalue weighted by molar-refractivity contribution is -0.136. The second-order valence-electron chi connectivity index (χ2n) is 3.35. The fraction of sp³-hybridized carbons (Fsp3) is 0.200. The van der Waals surface area contributed by atoms with Crippen LogP contribution in [0.1, 0.15) is 5.69 Å². The Morgan fingerprint density at radius 3 is 3.11 bits per heavy atom. The fourth-order valence-corrected chi connectivity index (χ4v) is 3.10. The minimum atomic E-state index is -0.936. The standard InChI is InChI=1S/C10H9N3O4S2/c1-17-7-8(16)11-4-12-9(7)19-10-13-5(3-18-10)2-6(14)15/h3-4H,2H2,1H3,(H,14,15)(H,11,12,16). The van der Waals surface area contributed by atoms with Crippen LogP contribution in [0.15, 0.2) is 25.9 Å². The van der Waals surface area contributed by atoms with Crippen LogP contribution in [0.2, 0.25) is 0 Å². The molecule has 2 heterocycles. The van der Waals surface area contributed by atoms with Crippen molar-refractivity contribution in [3.05, 3.63) is 27.8 Å². The quantitative estimate of drug-likeness (QED) is 0.794. The number of rotatable bonds is 5. The van der Waals surface area contributed by atoms with Gasteiger partial charge < -0.3 is 14.8 Å². The predicted molar refractivity (Wildman–Crippen MR) is 69.0 cm³/mol. The van der Waals surface area contributed by atoms with E-state index < -0.39 is 5.97 Å². The first kappa shape index (κ1) is 13.6. The van der Waals surface area contributed by atoms with Gasteiger partial charge in [0.1, 0.15) is 0 Å². The van der Waals surface area contributed by atoms with Crippen molar-refractivity contribution in [2.45, 2.75) is 15.8 Å². The van der Waals surface area contributed by atoms with E-state index in [0.717, 1.165) is 11.8 Å². The van der Waals surface area contributed by atoms with Crippen LogP contribution >= 0.6 is 23.1 Å². The van der Waals surface area contributed by atoms with E-state index >= 15 is 0 Å². The zero-order valence-electron chi connectivity index (χ0n) is 9.74. The number of methoxy groups -OCH3 is 1. The molecule has 0 fully saturated rings. The largest absolute Gasteiger partial charge is 0.489 e. The third-order valence-corrected chi connectivity index (χ3v) is 4.00. The smallest absolute Gasteiger partial charge is 0.309 e. The Morgan fingerprint density at radius 1 is 1.63 bits per heavy atom. The monoisotopic (exact) mass is 299 g/mol. The van der Waals surface area contributed by atoms with Gasteiger partial charge in [-0.2, -0.15) is 0 Å². The van der Waals surface area contributed by atoms with Crippen molar-refractivity contribution in [3.63, 3.8) is 0 Å². The lowest BCUT2D eigenvalue weighted by Gasteiger charge is -2.02. The Balaban J connectivity index is 2.22. The molecule has 0 saturated heterocycles. The van der Waals surface area contributed by atoms with Crippen molar-refractivity contribution in [3.8, 4) is 5.75 Å². The number of aromatic nitrogens is 3. The maximum absolute atomic E-state index is 11.5. The van der Waals surface area contributed by atoms with Crippen LogP contribution in [-0.2, 0) is 11.2 Å². The molecule has 100 valence electrons. The van der Waals surface area contributed by atoms with E-state index in [4.69, 9.17) is 9.84 Å². The first-order valence-corrected chi connectivity index (χ1v) is 6.75. The van der Waals surface area contributed by atoms with E-state index in [0.29, 0.717) is 15.1 Å². The van der Waals surface area contributed by atoms with Crippen LogP contribution in [0.5, 0.6) is 5.75 Å². The molecule has 2 rings (SSSR count). The van der Waals surface area contributed by atoms with Gasteiger partial charge in [0.25, 0.3) is 5.56 Å². The summed E-state index contributed by atoms with van der Waals surface area (Å²) in [6, 6.07) is 0. The summed E-state index contributed by atoms with van der Waals surface area (Å²) in [6.07, 6.45) is 1.15. The molecule has 7 nitrogen and oxygen atoms in total. The van der Waals surface area contributed by atoms with Gasteiger partial charge in [0.05, 0.1) is 25.6 Å².